The van der Waals surface area contributed by atoms with Gasteiger partial charge in [-0.15, -0.1) is 0 Å². The Kier molecular flexibility index (Phi) is 8.95. The van der Waals surface area contributed by atoms with Crippen molar-refractivity contribution in [2.75, 3.05) is 13.6 Å². The zero-order valence-electron chi connectivity index (χ0n) is 9.16. The lowest BCUT2D eigenvalue weighted by Gasteiger charge is -1.98. The van der Waals surface area contributed by atoms with Crippen LogP contribution in [0, 0.1) is 5.92 Å². The van der Waals surface area contributed by atoms with Gasteiger partial charge in [-0.25, -0.2) is 0 Å². The van der Waals surface area contributed by atoms with Crippen LogP contribution in [0.2, 0.25) is 0 Å². The molecule has 0 radical (unpaired) electrons. The third kappa shape index (κ3) is 9.25. The van der Waals surface area contributed by atoms with Crippen LogP contribution in [0.25, 0.3) is 0 Å². The largest absolute Gasteiger partial charge is 0.301 e. The van der Waals surface area contributed by atoms with Crippen LogP contribution >= 0.6 is 0 Å². The highest BCUT2D eigenvalue weighted by molar-refractivity contribution is 5.67. The summed E-state index contributed by atoms with van der Waals surface area (Å²) >= 11 is 0. The standard InChI is InChI=1S/C11H22N2/c1-4-5-6-8-13-9-7-11(2)10-12-3/h9-11H,4-8H2,1-3H3. The molecule has 0 aliphatic heterocycles. The van der Waals surface area contributed by atoms with Crippen molar-refractivity contribution in [2.45, 2.75) is 39.5 Å². The van der Waals surface area contributed by atoms with Crippen LogP contribution < -0.4 is 0 Å². The lowest BCUT2D eigenvalue weighted by atomic mass is 10.1. The van der Waals surface area contributed by atoms with E-state index in [9.17, 15) is 0 Å². The Labute approximate surface area is 82.2 Å². The summed E-state index contributed by atoms with van der Waals surface area (Å²) in [7, 11) is 1.81. The second-order valence-electron chi connectivity index (χ2n) is 3.42. The van der Waals surface area contributed by atoms with Crippen molar-refractivity contribution in [3.05, 3.63) is 0 Å². The number of hydrogen-bond acceptors (Lipinski definition) is 2. The molecule has 0 saturated carbocycles. The topological polar surface area (TPSA) is 24.7 Å². The molecule has 0 bridgehead atoms. The molecule has 0 rings (SSSR count). The van der Waals surface area contributed by atoms with Gasteiger partial charge in [0.1, 0.15) is 0 Å². The van der Waals surface area contributed by atoms with Gasteiger partial charge in [0.15, 0.2) is 0 Å². The van der Waals surface area contributed by atoms with Crippen molar-refractivity contribution in [2.24, 2.45) is 15.9 Å². The molecule has 0 heterocycles. The molecule has 1 atom stereocenters. The zero-order chi connectivity index (χ0) is 9.94. The average Bonchev–Trinajstić information content (AvgIpc) is 2.11. The lowest BCUT2D eigenvalue weighted by molar-refractivity contribution is 0.726. The van der Waals surface area contributed by atoms with Gasteiger partial charge in [0.25, 0.3) is 0 Å². The number of aliphatic imine (C=N–C) groups is 2. The predicted octanol–water partition coefficient (Wildman–Crippen LogP) is 2.97. The molecule has 2 heteroatoms. The van der Waals surface area contributed by atoms with E-state index >= 15 is 0 Å². The molecule has 0 aromatic heterocycles. The zero-order valence-corrected chi connectivity index (χ0v) is 9.16. The van der Waals surface area contributed by atoms with E-state index in [4.69, 9.17) is 0 Å². The van der Waals surface area contributed by atoms with Gasteiger partial charge in [0.05, 0.1) is 0 Å². The minimum absolute atomic E-state index is 0.528. The SMILES string of the molecule is CCCCCN=CCC(C)C=NC. The maximum atomic E-state index is 4.34. The number of rotatable bonds is 7. The summed E-state index contributed by atoms with van der Waals surface area (Å²) in [5, 5.41) is 0. The minimum atomic E-state index is 0.528. The second-order valence-corrected chi connectivity index (χ2v) is 3.42. The van der Waals surface area contributed by atoms with Crippen molar-refractivity contribution in [1.29, 1.82) is 0 Å². The van der Waals surface area contributed by atoms with Crippen molar-refractivity contribution < 1.29 is 0 Å². The highest BCUT2D eigenvalue weighted by atomic mass is 14.7. The molecule has 0 aromatic rings. The van der Waals surface area contributed by atoms with Crippen LogP contribution in [0.3, 0.4) is 0 Å². The Morgan fingerprint density at radius 2 is 2.08 bits per heavy atom. The first-order valence-electron chi connectivity index (χ1n) is 5.21. The molecular formula is C11H22N2. The molecule has 0 fully saturated rings. The first-order chi connectivity index (χ1) is 6.31. The van der Waals surface area contributed by atoms with Crippen LogP contribution in [-0.4, -0.2) is 26.0 Å². The van der Waals surface area contributed by atoms with Gasteiger partial charge in [-0.3, -0.25) is 4.99 Å². The van der Waals surface area contributed by atoms with Crippen LogP contribution in [0.15, 0.2) is 9.98 Å². The van der Waals surface area contributed by atoms with Crippen LogP contribution in [-0.2, 0) is 0 Å². The highest BCUT2D eigenvalue weighted by Gasteiger charge is 1.92. The van der Waals surface area contributed by atoms with Gasteiger partial charge in [-0.2, -0.15) is 0 Å². The van der Waals surface area contributed by atoms with Crippen molar-refractivity contribution in [1.82, 2.24) is 0 Å². The maximum absolute atomic E-state index is 4.34. The molecule has 0 aliphatic rings. The van der Waals surface area contributed by atoms with Crippen molar-refractivity contribution in [3.8, 4) is 0 Å². The van der Waals surface area contributed by atoms with E-state index in [1.54, 1.807) is 0 Å². The van der Waals surface area contributed by atoms with Gasteiger partial charge < -0.3 is 4.99 Å². The molecule has 1 unspecified atom stereocenters. The monoisotopic (exact) mass is 182 g/mol. The molecule has 0 amide bonds. The third-order valence-electron chi connectivity index (χ3n) is 1.90. The summed E-state index contributed by atoms with van der Waals surface area (Å²) in [5.74, 6) is 0.528. The first kappa shape index (κ1) is 12.3. The molecule has 0 spiro atoms. The van der Waals surface area contributed by atoms with Crippen molar-refractivity contribution >= 4 is 12.4 Å². The molecule has 76 valence electrons. The Bertz CT molecular complexity index is 150. The fourth-order valence-corrected chi connectivity index (χ4v) is 1.10. The molecule has 2 nitrogen and oxygen atoms in total. The molecular weight excluding hydrogens is 160 g/mol. The Morgan fingerprint density at radius 3 is 2.69 bits per heavy atom. The summed E-state index contributed by atoms with van der Waals surface area (Å²) < 4.78 is 0. The molecule has 0 saturated heterocycles. The number of nitrogens with zero attached hydrogens (tertiary/aromatic N) is 2. The lowest BCUT2D eigenvalue weighted by Crippen LogP contribution is -1.96. The van der Waals surface area contributed by atoms with Crippen molar-refractivity contribution in [3.63, 3.8) is 0 Å². The average molecular weight is 182 g/mol. The quantitative estimate of drug-likeness (QED) is 0.427. The van der Waals surface area contributed by atoms with E-state index < -0.39 is 0 Å². The summed E-state index contributed by atoms with van der Waals surface area (Å²) in [6.45, 7) is 5.36. The van der Waals surface area contributed by atoms with Gasteiger partial charge in [-0.1, -0.05) is 26.7 Å². The number of hydrogen-bond donors (Lipinski definition) is 0. The van der Waals surface area contributed by atoms with Crippen LogP contribution in [0.5, 0.6) is 0 Å². The molecule has 0 aliphatic carbocycles. The van der Waals surface area contributed by atoms with Crippen LogP contribution in [0.4, 0.5) is 0 Å². The van der Waals surface area contributed by atoms with Gasteiger partial charge in [0, 0.05) is 19.8 Å². The Morgan fingerprint density at radius 1 is 1.31 bits per heavy atom. The normalized spacial score (nSPS) is 14.4. The van der Waals surface area contributed by atoms with E-state index in [2.05, 4.69) is 23.8 Å². The second kappa shape index (κ2) is 9.43. The summed E-state index contributed by atoms with van der Waals surface area (Å²) in [6.07, 6.45) is 8.81. The third-order valence-corrected chi connectivity index (χ3v) is 1.90. The Hall–Kier alpha value is -0.660. The van der Waals surface area contributed by atoms with Gasteiger partial charge in [0.2, 0.25) is 0 Å². The molecule has 13 heavy (non-hydrogen) atoms. The van der Waals surface area contributed by atoms with Crippen LogP contribution in [0.1, 0.15) is 39.5 Å². The van der Waals surface area contributed by atoms with Gasteiger partial charge in [-0.05, 0) is 25.0 Å². The van der Waals surface area contributed by atoms with Gasteiger partial charge >= 0.3 is 0 Å². The molecule has 0 N–H and O–H groups in total. The predicted molar refractivity (Wildman–Crippen MR) is 61.1 cm³/mol. The van der Waals surface area contributed by atoms with E-state index in [-0.39, 0.29) is 0 Å². The smallest absolute Gasteiger partial charge is 0.0385 e. The summed E-state index contributed by atoms with van der Waals surface area (Å²) in [6, 6.07) is 0. The Balaban J connectivity index is 3.30. The molecule has 0 aromatic carbocycles. The first-order valence-corrected chi connectivity index (χ1v) is 5.21. The highest BCUT2D eigenvalue weighted by Crippen LogP contribution is 1.96. The van der Waals surface area contributed by atoms with E-state index in [1.807, 2.05) is 19.5 Å². The fourth-order valence-electron chi connectivity index (χ4n) is 1.10. The van der Waals surface area contributed by atoms with E-state index in [1.165, 1.54) is 19.3 Å². The summed E-state index contributed by atoms with van der Waals surface area (Å²) in [5.41, 5.74) is 0. The fraction of sp³-hybridized carbons (Fsp3) is 0.818. The maximum Gasteiger partial charge on any atom is 0.0385 e. The number of unbranched alkanes of at least 4 members (excludes halogenated alkanes) is 2. The van der Waals surface area contributed by atoms with E-state index in [0.717, 1.165) is 13.0 Å². The van der Waals surface area contributed by atoms with E-state index in [0.29, 0.717) is 5.92 Å². The summed E-state index contributed by atoms with van der Waals surface area (Å²) in [4.78, 5) is 8.32. The minimum Gasteiger partial charge on any atom is -0.301 e.